The molecule has 0 spiro atoms. The number of nitrogens with zero attached hydrogens (tertiary/aromatic N) is 2. The third-order valence-electron chi connectivity index (χ3n) is 7.05. The van der Waals surface area contributed by atoms with Crippen LogP contribution in [0.3, 0.4) is 0 Å². The smallest absolute Gasteiger partial charge is 0.412 e. The minimum Gasteiger partial charge on any atom is -0.444 e. The highest BCUT2D eigenvalue weighted by Gasteiger charge is 2.52. The molecule has 1 aliphatic carbocycles. The predicted molar refractivity (Wildman–Crippen MR) is 139 cm³/mol. The van der Waals surface area contributed by atoms with E-state index in [2.05, 4.69) is 32.9 Å². The molecule has 1 aromatic rings. The third kappa shape index (κ3) is 6.99. The molecule has 1 saturated heterocycles. The summed E-state index contributed by atoms with van der Waals surface area (Å²) in [6.45, 7) is 16.2. The molecule has 0 aromatic heterocycles. The number of hydrogen-bond donors (Lipinski definition) is 0. The Balaban J connectivity index is 1.93. The first-order valence-electron chi connectivity index (χ1n) is 13.2. The Labute approximate surface area is 212 Å². The van der Waals surface area contributed by atoms with Gasteiger partial charge in [-0.2, -0.15) is 0 Å². The number of hydrogen-bond acceptors (Lipinski definition) is 4. The molecule has 3 rings (SSSR count). The van der Waals surface area contributed by atoms with Crippen molar-refractivity contribution in [3.8, 4) is 0 Å². The summed E-state index contributed by atoms with van der Waals surface area (Å²) in [5, 5.41) is 0. The van der Waals surface area contributed by atoms with E-state index >= 15 is 0 Å². The molecule has 2 atom stereocenters. The lowest BCUT2D eigenvalue weighted by Gasteiger charge is -2.41. The summed E-state index contributed by atoms with van der Waals surface area (Å²) in [4.78, 5) is 30.9. The zero-order valence-electron chi connectivity index (χ0n) is 23.1. The Kier molecular flexibility index (Phi) is 8.25. The van der Waals surface area contributed by atoms with Gasteiger partial charge in [-0.25, -0.2) is 4.79 Å². The SMILES string of the molecule is CC(C)(C)OC(=O)N1[C@@H](Cc2ccccc2)[C@@H](CN(C(=O)C2CCCCC2)C(C)(C)C)OC1(C)C. The zero-order valence-corrected chi connectivity index (χ0v) is 23.1. The monoisotopic (exact) mass is 486 g/mol. The van der Waals surface area contributed by atoms with Crippen LogP contribution in [0.15, 0.2) is 30.3 Å². The number of amides is 2. The highest BCUT2D eigenvalue weighted by molar-refractivity contribution is 5.79. The van der Waals surface area contributed by atoms with Gasteiger partial charge < -0.3 is 14.4 Å². The van der Waals surface area contributed by atoms with Gasteiger partial charge in [0, 0.05) is 18.0 Å². The second kappa shape index (κ2) is 10.5. The molecule has 2 aliphatic rings. The van der Waals surface area contributed by atoms with Crippen molar-refractivity contribution >= 4 is 12.0 Å². The summed E-state index contributed by atoms with van der Waals surface area (Å²) in [6.07, 6.45) is 5.28. The molecule has 1 aliphatic heterocycles. The van der Waals surface area contributed by atoms with Crippen LogP contribution in [0.25, 0.3) is 0 Å². The van der Waals surface area contributed by atoms with Crippen molar-refractivity contribution in [1.82, 2.24) is 9.80 Å². The van der Waals surface area contributed by atoms with Gasteiger partial charge in [0.2, 0.25) is 5.91 Å². The van der Waals surface area contributed by atoms with Gasteiger partial charge in [0.1, 0.15) is 11.3 Å². The summed E-state index contributed by atoms with van der Waals surface area (Å²) < 4.78 is 12.4. The fourth-order valence-electron chi connectivity index (χ4n) is 5.42. The minimum atomic E-state index is -0.857. The number of ether oxygens (including phenoxy) is 2. The standard InChI is InChI=1S/C29H46N2O4/c1-27(2,3)30(25(32)22-17-13-10-14-18-22)20-24-23(19-21-15-11-9-12-16-21)31(29(7,8)34-24)26(33)35-28(4,5)6/h9,11-12,15-16,22-24H,10,13-14,17-20H2,1-8H3/t23-,24+/m0/s1. The van der Waals surface area contributed by atoms with Crippen LogP contribution in [0.4, 0.5) is 4.79 Å². The molecule has 6 heteroatoms. The normalized spacial score (nSPS) is 23.3. The van der Waals surface area contributed by atoms with Gasteiger partial charge in [-0.15, -0.1) is 0 Å². The fraction of sp³-hybridized carbons (Fsp3) is 0.724. The first kappa shape index (κ1) is 27.5. The Morgan fingerprint density at radius 2 is 1.63 bits per heavy atom. The van der Waals surface area contributed by atoms with Crippen LogP contribution in [-0.4, -0.2) is 57.4 Å². The maximum atomic E-state index is 13.7. The Morgan fingerprint density at radius 3 is 2.17 bits per heavy atom. The molecule has 0 N–H and O–H groups in total. The second-order valence-corrected chi connectivity index (χ2v) is 12.7. The topological polar surface area (TPSA) is 59.1 Å². The van der Waals surface area contributed by atoms with E-state index in [9.17, 15) is 9.59 Å². The lowest BCUT2D eigenvalue weighted by atomic mass is 9.86. The summed E-state index contributed by atoms with van der Waals surface area (Å²) in [6, 6.07) is 9.90. The van der Waals surface area contributed by atoms with E-state index in [1.165, 1.54) is 6.42 Å². The summed E-state index contributed by atoms with van der Waals surface area (Å²) in [7, 11) is 0. The van der Waals surface area contributed by atoms with E-state index in [4.69, 9.17) is 9.47 Å². The van der Waals surface area contributed by atoms with Crippen LogP contribution < -0.4 is 0 Å². The average Bonchev–Trinajstić information content (AvgIpc) is 3.00. The van der Waals surface area contributed by atoms with Crippen LogP contribution in [0.1, 0.15) is 93.1 Å². The number of benzene rings is 1. The van der Waals surface area contributed by atoms with Crippen LogP contribution in [0.5, 0.6) is 0 Å². The van der Waals surface area contributed by atoms with E-state index in [1.807, 2.05) is 57.7 Å². The van der Waals surface area contributed by atoms with E-state index in [0.29, 0.717) is 13.0 Å². The Bertz CT molecular complexity index is 863. The largest absolute Gasteiger partial charge is 0.444 e. The molecule has 2 amide bonds. The second-order valence-electron chi connectivity index (χ2n) is 12.7. The highest BCUT2D eigenvalue weighted by Crippen LogP contribution is 2.37. The first-order valence-corrected chi connectivity index (χ1v) is 13.2. The van der Waals surface area contributed by atoms with Crippen molar-refractivity contribution < 1.29 is 19.1 Å². The van der Waals surface area contributed by atoms with Crippen LogP contribution >= 0.6 is 0 Å². The molecule has 0 radical (unpaired) electrons. The van der Waals surface area contributed by atoms with Gasteiger partial charge in [0.05, 0.1) is 12.1 Å². The molecule has 1 aromatic carbocycles. The lowest BCUT2D eigenvalue weighted by molar-refractivity contribution is -0.146. The van der Waals surface area contributed by atoms with E-state index in [-0.39, 0.29) is 35.6 Å². The molecule has 2 fully saturated rings. The summed E-state index contributed by atoms with van der Waals surface area (Å²) in [5.74, 6) is 0.291. The molecular weight excluding hydrogens is 440 g/mol. The van der Waals surface area contributed by atoms with Crippen molar-refractivity contribution in [2.45, 2.75) is 123 Å². The molecule has 196 valence electrons. The Hall–Kier alpha value is -2.08. The predicted octanol–water partition coefficient (Wildman–Crippen LogP) is 6.18. The quantitative estimate of drug-likeness (QED) is 0.499. The maximum absolute atomic E-state index is 13.7. The highest BCUT2D eigenvalue weighted by atomic mass is 16.6. The van der Waals surface area contributed by atoms with Crippen LogP contribution in [0.2, 0.25) is 0 Å². The van der Waals surface area contributed by atoms with Gasteiger partial charge in [-0.05, 0) is 80.2 Å². The first-order chi connectivity index (χ1) is 16.2. The van der Waals surface area contributed by atoms with Crippen molar-refractivity contribution in [3.05, 3.63) is 35.9 Å². The molecule has 0 unspecified atom stereocenters. The molecule has 1 heterocycles. The van der Waals surface area contributed by atoms with Crippen LogP contribution in [-0.2, 0) is 20.7 Å². The van der Waals surface area contributed by atoms with Crippen molar-refractivity contribution in [1.29, 1.82) is 0 Å². The number of carbonyl (C=O) groups is 2. The van der Waals surface area contributed by atoms with Gasteiger partial charge in [-0.1, -0.05) is 49.6 Å². The van der Waals surface area contributed by atoms with Crippen LogP contribution in [0, 0.1) is 5.92 Å². The average molecular weight is 487 g/mol. The maximum Gasteiger partial charge on any atom is 0.412 e. The molecule has 1 saturated carbocycles. The van der Waals surface area contributed by atoms with Gasteiger partial charge in [-0.3, -0.25) is 9.69 Å². The Morgan fingerprint density at radius 1 is 1.03 bits per heavy atom. The molecular formula is C29H46N2O4. The van der Waals surface area contributed by atoms with Gasteiger partial charge in [0.25, 0.3) is 0 Å². The summed E-state index contributed by atoms with van der Waals surface area (Å²) >= 11 is 0. The number of carbonyl (C=O) groups excluding carboxylic acids is 2. The van der Waals surface area contributed by atoms with Crippen molar-refractivity contribution in [2.24, 2.45) is 5.92 Å². The summed E-state index contributed by atoms with van der Waals surface area (Å²) in [5.41, 5.74) is -0.697. The van der Waals surface area contributed by atoms with Crippen molar-refractivity contribution in [2.75, 3.05) is 6.54 Å². The minimum absolute atomic E-state index is 0.0759. The zero-order chi connectivity index (χ0) is 26.0. The van der Waals surface area contributed by atoms with E-state index in [1.54, 1.807) is 4.90 Å². The van der Waals surface area contributed by atoms with Gasteiger partial charge in [0.15, 0.2) is 0 Å². The third-order valence-corrected chi connectivity index (χ3v) is 7.05. The lowest BCUT2D eigenvalue weighted by Crippen LogP contribution is -2.55. The molecule has 0 bridgehead atoms. The van der Waals surface area contributed by atoms with E-state index < -0.39 is 11.3 Å². The van der Waals surface area contributed by atoms with Gasteiger partial charge >= 0.3 is 6.09 Å². The van der Waals surface area contributed by atoms with Crippen molar-refractivity contribution in [3.63, 3.8) is 0 Å². The molecule has 6 nitrogen and oxygen atoms in total. The number of rotatable bonds is 5. The fourth-order valence-corrected chi connectivity index (χ4v) is 5.42. The van der Waals surface area contributed by atoms with E-state index in [0.717, 1.165) is 31.2 Å². The molecule has 35 heavy (non-hydrogen) atoms.